The SMILES string of the molecule is CSC1(C(=O)Nc2ccc3oc(C(F)(F)F)cc(=O)c3c2)CC1. The molecule has 1 aliphatic carbocycles. The summed E-state index contributed by atoms with van der Waals surface area (Å²) in [5.74, 6) is -1.51. The molecule has 0 radical (unpaired) electrons. The summed E-state index contributed by atoms with van der Waals surface area (Å²) in [6.07, 6.45) is -1.31. The Morgan fingerprint density at radius 2 is 2.00 bits per heavy atom. The van der Waals surface area contributed by atoms with Crippen LogP contribution in [0.15, 0.2) is 33.5 Å². The van der Waals surface area contributed by atoms with E-state index in [1.165, 1.54) is 30.0 Å². The third-order valence-electron chi connectivity index (χ3n) is 3.77. The second-order valence-electron chi connectivity index (χ2n) is 5.34. The van der Waals surface area contributed by atoms with Crippen molar-refractivity contribution in [1.29, 1.82) is 0 Å². The second-order valence-corrected chi connectivity index (χ2v) is 6.53. The van der Waals surface area contributed by atoms with Crippen molar-refractivity contribution in [2.75, 3.05) is 11.6 Å². The first-order valence-corrected chi connectivity index (χ1v) is 7.99. The van der Waals surface area contributed by atoms with Crippen molar-refractivity contribution >= 4 is 34.3 Å². The average Bonchev–Trinajstić information content (AvgIpc) is 3.28. The van der Waals surface area contributed by atoms with Crippen LogP contribution < -0.4 is 10.7 Å². The molecule has 1 aromatic carbocycles. The molecule has 0 bridgehead atoms. The van der Waals surface area contributed by atoms with Gasteiger partial charge in [0.15, 0.2) is 5.43 Å². The van der Waals surface area contributed by atoms with Crippen LogP contribution in [0.1, 0.15) is 18.6 Å². The van der Waals surface area contributed by atoms with Gasteiger partial charge < -0.3 is 9.73 Å². The summed E-state index contributed by atoms with van der Waals surface area (Å²) < 4.78 is 42.2. The first-order valence-electron chi connectivity index (χ1n) is 6.77. The highest BCUT2D eigenvalue weighted by Crippen LogP contribution is 2.47. The van der Waals surface area contributed by atoms with Crippen molar-refractivity contribution in [2.24, 2.45) is 0 Å². The summed E-state index contributed by atoms with van der Waals surface area (Å²) in [6, 6.07) is 4.41. The molecule has 1 aromatic heterocycles. The Labute approximate surface area is 133 Å². The van der Waals surface area contributed by atoms with Gasteiger partial charge in [0.05, 0.1) is 10.1 Å². The molecule has 1 fully saturated rings. The van der Waals surface area contributed by atoms with Gasteiger partial charge in [0, 0.05) is 11.8 Å². The van der Waals surface area contributed by atoms with E-state index < -0.39 is 22.1 Å². The Balaban J connectivity index is 1.95. The molecule has 1 aliphatic rings. The lowest BCUT2D eigenvalue weighted by molar-refractivity contribution is -0.152. The largest absolute Gasteiger partial charge is 0.451 e. The predicted octanol–water partition coefficient (Wildman–Crippen LogP) is 3.65. The summed E-state index contributed by atoms with van der Waals surface area (Å²) >= 11 is 1.46. The Morgan fingerprint density at radius 1 is 1.30 bits per heavy atom. The fraction of sp³-hybridized carbons (Fsp3) is 0.333. The maximum atomic E-state index is 12.6. The number of rotatable bonds is 3. The number of carbonyl (C=O) groups excluding carboxylic acids is 1. The second kappa shape index (κ2) is 5.30. The van der Waals surface area contributed by atoms with E-state index in [0.717, 1.165) is 12.8 Å². The van der Waals surface area contributed by atoms with Crippen molar-refractivity contribution in [3.63, 3.8) is 0 Å². The van der Waals surface area contributed by atoms with Gasteiger partial charge in [0.25, 0.3) is 0 Å². The monoisotopic (exact) mass is 343 g/mol. The van der Waals surface area contributed by atoms with E-state index >= 15 is 0 Å². The van der Waals surface area contributed by atoms with E-state index in [4.69, 9.17) is 4.42 Å². The number of thioether (sulfide) groups is 1. The first-order chi connectivity index (χ1) is 10.7. The number of hydrogen-bond donors (Lipinski definition) is 1. The Bertz CT molecular complexity index is 840. The molecule has 1 amide bonds. The molecule has 23 heavy (non-hydrogen) atoms. The topological polar surface area (TPSA) is 59.3 Å². The minimum Gasteiger partial charge on any atom is -0.451 e. The van der Waals surface area contributed by atoms with Crippen LogP contribution in [0.25, 0.3) is 11.0 Å². The van der Waals surface area contributed by atoms with E-state index in [0.29, 0.717) is 11.8 Å². The van der Waals surface area contributed by atoms with Crippen LogP contribution in [0.3, 0.4) is 0 Å². The summed E-state index contributed by atoms with van der Waals surface area (Å²) in [5, 5.41) is 2.69. The number of carbonyl (C=O) groups is 1. The van der Waals surface area contributed by atoms with Crippen LogP contribution in [0, 0.1) is 0 Å². The molecule has 0 unspecified atom stereocenters. The molecule has 1 N–H and O–H groups in total. The van der Waals surface area contributed by atoms with Gasteiger partial charge in [-0.25, -0.2) is 0 Å². The number of alkyl halides is 3. The Morgan fingerprint density at radius 3 is 2.57 bits per heavy atom. The van der Waals surface area contributed by atoms with Crippen molar-refractivity contribution in [3.8, 4) is 0 Å². The van der Waals surface area contributed by atoms with Gasteiger partial charge in [-0.15, -0.1) is 11.8 Å². The first kappa shape index (κ1) is 15.9. The Hall–Kier alpha value is -1.96. The van der Waals surface area contributed by atoms with Gasteiger partial charge in [0.2, 0.25) is 11.7 Å². The summed E-state index contributed by atoms with van der Waals surface area (Å²) in [4.78, 5) is 24.0. The lowest BCUT2D eigenvalue weighted by Gasteiger charge is -2.13. The zero-order chi connectivity index (χ0) is 16.8. The number of amides is 1. The van der Waals surface area contributed by atoms with Crippen LogP contribution in [0.2, 0.25) is 0 Å². The predicted molar refractivity (Wildman–Crippen MR) is 81.6 cm³/mol. The van der Waals surface area contributed by atoms with Crippen LogP contribution in [-0.2, 0) is 11.0 Å². The zero-order valence-corrected chi connectivity index (χ0v) is 12.8. The minimum atomic E-state index is -4.73. The summed E-state index contributed by atoms with van der Waals surface area (Å²) in [5.41, 5.74) is -0.621. The number of hydrogen-bond acceptors (Lipinski definition) is 4. The number of halogens is 3. The van der Waals surface area contributed by atoms with E-state index in [1.807, 2.05) is 6.26 Å². The minimum absolute atomic E-state index is 0.00945. The van der Waals surface area contributed by atoms with Gasteiger partial charge in [-0.05, 0) is 37.3 Å². The van der Waals surface area contributed by atoms with Gasteiger partial charge in [-0.3, -0.25) is 9.59 Å². The van der Waals surface area contributed by atoms with Crippen molar-refractivity contribution in [1.82, 2.24) is 0 Å². The summed E-state index contributed by atoms with van der Waals surface area (Å²) in [7, 11) is 0. The standard InChI is InChI=1S/C15H12F3NO3S/c1-23-14(4-5-14)13(21)19-8-2-3-11-9(6-8)10(20)7-12(22-11)15(16,17)18/h2-3,6-7H,4-5H2,1H3,(H,19,21). The molecule has 1 heterocycles. The van der Waals surface area contributed by atoms with Crippen LogP contribution >= 0.6 is 11.8 Å². The Kier molecular flexibility index (Phi) is 3.66. The van der Waals surface area contributed by atoms with Crippen LogP contribution in [0.5, 0.6) is 0 Å². The fourth-order valence-corrected chi connectivity index (χ4v) is 3.00. The highest BCUT2D eigenvalue weighted by molar-refractivity contribution is 8.01. The summed E-state index contributed by atoms with van der Waals surface area (Å²) in [6.45, 7) is 0. The maximum Gasteiger partial charge on any atom is 0.449 e. The van der Waals surface area contributed by atoms with Crippen molar-refractivity contribution in [3.05, 3.63) is 40.2 Å². The van der Waals surface area contributed by atoms with E-state index in [1.54, 1.807) is 0 Å². The smallest absolute Gasteiger partial charge is 0.449 e. The maximum absolute atomic E-state index is 12.6. The van der Waals surface area contributed by atoms with E-state index in [-0.39, 0.29) is 16.9 Å². The quantitative estimate of drug-likeness (QED) is 0.924. The fourth-order valence-electron chi connectivity index (χ4n) is 2.26. The number of benzene rings is 1. The lowest BCUT2D eigenvalue weighted by Crippen LogP contribution is -2.26. The molecule has 0 aliphatic heterocycles. The number of nitrogens with one attached hydrogen (secondary N) is 1. The highest BCUT2D eigenvalue weighted by atomic mass is 32.2. The third-order valence-corrected chi connectivity index (χ3v) is 5.15. The molecule has 2 aromatic rings. The van der Waals surface area contributed by atoms with Gasteiger partial charge in [-0.1, -0.05) is 0 Å². The molecule has 0 atom stereocenters. The molecular formula is C15H12F3NO3S. The van der Waals surface area contributed by atoms with Gasteiger partial charge in [0.1, 0.15) is 5.58 Å². The molecule has 122 valence electrons. The average molecular weight is 343 g/mol. The number of fused-ring (bicyclic) bond motifs is 1. The van der Waals surface area contributed by atoms with Crippen molar-refractivity contribution < 1.29 is 22.4 Å². The highest BCUT2D eigenvalue weighted by Gasteiger charge is 2.49. The van der Waals surface area contributed by atoms with E-state index in [9.17, 15) is 22.8 Å². The van der Waals surface area contributed by atoms with Gasteiger partial charge in [-0.2, -0.15) is 13.2 Å². The molecule has 0 saturated heterocycles. The third kappa shape index (κ3) is 2.95. The number of anilines is 1. The molecule has 1 saturated carbocycles. The van der Waals surface area contributed by atoms with Crippen molar-refractivity contribution in [2.45, 2.75) is 23.8 Å². The molecule has 8 heteroatoms. The normalized spacial score (nSPS) is 16.3. The van der Waals surface area contributed by atoms with Crippen LogP contribution in [-0.4, -0.2) is 16.9 Å². The lowest BCUT2D eigenvalue weighted by atomic mass is 10.2. The van der Waals surface area contributed by atoms with E-state index in [2.05, 4.69) is 5.32 Å². The molecule has 4 nitrogen and oxygen atoms in total. The van der Waals surface area contributed by atoms with Crippen LogP contribution in [0.4, 0.5) is 18.9 Å². The molecule has 3 rings (SSSR count). The molecule has 0 spiro atoms. The van der Waals surface area contributed by atoms with Gasteiger partial charge >= 0.3 is 6.18 Å². The zero-order valence-electron chi connectivity index (χ0n) is 12.0. The molecular weight excluding hydrogens is 331 g/mol.